The van der Waals surface area contributed by atoms with E-state index in [1.54, 1.807) is 51.2 Å². The number of methoxy groups -OCH3 is 3. The van der Waals surface area contributed by atoms with Gasteiger partial charge in [-0.1, -0.05) is 89.1 Å². The van der Waals surface area contributed by atoms with Crippen molar-refractivity contribution < 1.29 is 95.5 Å². The molecule has 15 atom stereocenters. The van der Waals surface area contributed by atoms with Crippen molar-refractivity contribution in [1.29, 1.82) is 5.41 Å². The van der Waals surface area contributed by atoms with Crippen LogP contribution >= 0.6 is 11.8 Å². The van der Waals surface area contributed by atoms with E-state index in [2.05, 4.69) is 47.5 Å². The molecule has 9 rings (SSSR count). The number of para-hydroxylation sites is 1. The largest absolute Gasteiger partial charge is 0.493 e. The highest BCUT2D eigenvalue weighted by Gasteiger charge is 2.55. The molecule has 0 spiro atoms. The Morgan fingerprint density at radius 2 is 1.22 bits per heavy atom. The summed E-state index contributed by atoms with van der Waals surface area (Å²) in [7, 11) is 4.39. The van der Waals surface area contributed by atoms with Gasteiger partial charge < -0.3 is 104 Å². The normalized spacial score (nSPS) is 19.0. The molecular weight excluding hydrogens is 1550 g/mol. The number of Topliss-reactive ketones (excluding diaryl/α,β-unsaturated/α-hetero) is 1. The number of aromatic amines is 1. The summed E-state index contributed by atoms with van der Waals surface area (Å²) in [6, 6.07) is 12.6. The van der Waals surface area contributed by atoms with E-state index in [9.17, 15) is 62.3 Å². The summed E-state index contributed by atoms with van der Waals surface area (Å²) in [5.41, 5.74) is 27.4. The fourth-order valence-corrected chi connectivity index (χ4v) is 16.0. The highest BCUT2D eigenvalue weighted by molar-refractivity contribution is 8.00. The van der Waals surface area contributed by atoms with Crippen LogP contribution in [-0.2, 0) is 84.6 Å². The maximum atomic E-state index is 14.8. The fraction of sp³-hybridized carbons (Fsp3) is 0.512. The van der Waals surface area contributed by atoms with Gasteiger partial charge in [0.2, 0.25) is 71.6 Å². The number of amides is 10. The third-order valence-corrected chi connectivity index (χ3v) is 23.2. The lowest BCUT2D eigenvalue weighted by Crippen LogP contribution is -2.62. The average Bonchev–Trinajstić information content (AvgIpc) is 1.44. The number of primary amides is 1. The van der Waals surface area contributed by atoms with Crippen molar-refractivity contribution in [2.45, 2.75) is 184 Å². The number of ether oxygens (including phenoxy) is 7. The minimum atomic E-state index is -1.60. The number of carbonyl (C=O) groups is 13. The number of nitrogens with zero attached hydrogens (tertiary/aromatic N) is 1. The SMILES string of the molecule is CCC(C)[C@H](NC(=O)[C@H](CCCCN)NC(=O)[C@@H](NC(=O)[C@H](CCC(N)=O)NC(=O)[C@H](CCCNC(=N)N)NC(=O)[C@@H](N)CSC1CC(=O)N(CCC(=O)O[C@H]2c3cc4c(cc3[C@@H](c3cc(OC)c(OC)c(OC)c3)[C@H]3C(=O)OC[C@@H]32)OCO4)C1=O)C(C)CC)C(=O)N[C@@H](Cc1c[nH]c2ccccc12)C(=O)N[C@@H](Cc1ccccc1)C(C)=O. The van der Waals surface area contributed by atoms with Crippen LogP contribution in [0.1, 0.15) is 145 Å². The topological polar surface area (TPSA) is 530 Å². The van der Waals surface area contributed by atoms with Crippen LogP contribution in [0.2, 0.25) is 0 Å². The van der Waals surface area contributed by atoms with Crippen molar-refractivity contribution in [2.75, 3.05) is 60.1 Å². The predicted molar refractivity (Wildman–Crippen MR) is 433 cm³/mol. The number of likely N-dealkylation sites (tertiary alicyclic amines) is 1. The molecule has 0 bridgehead atoms. The van der Waals surface area contributed by atoms with Crippen LogP contribution in [0.3, 0.4) is 0 Å². The van der Waals surface area contributed by atoms with Crippen LogP contribution in [0.5, 0.6) is 28.7 Å². The van der Waals surface area contributed by atoms with Gasteiger partial charge in [0.25, 0.3) is 0 Å². The summed E-state index contributed by atoms with van der Waals surface area (Å²) >= 11 is 0.886. The number of unbranched alkanes of at least 4 members (excludes halogenated alkanes) is 1. The maximum absolute atomic E-state index is 14.8. The van der Waals surface area contributed by atoms with Crippen LogP contribution in [-0.4, -0.2) is 206 Å². The smallest absolute Gasteiger partial charge is 0.310 e. The fourth-order valence-electron chi connectivity index (χ4n) is 14.9. The number of fused-ring (bicyclic) bond motifs is 4. The minimum absolute atomic E-state index is 0.0112. The van der Waals surface area contributed by atoms with Crippen molar-refractivity contribution in [3.63, 3.8) is 0 Å². The number of esters is 2. The summed E-state index contributed by atoms with van der Waals surface area (Å²) in [6.45, 7) is 7.99. The number of H-pyrrole nitrogens is 1. The van der Waals surface area contributed by atoms with E-state index >= 15 is 0 Å². The molecule has 10 amide bonds. The number of rotatable bonds is 45. The first kappa shape index (κ1) is 90.4. The van der Waals surface area contributed by atoms with Gasteiger partial charge >= 0.3 is 11.9 Å². The quantitative estimate of drug-likeness (QED) is 0.00873. The molecule has 2 fully saturated rings. The molecule has 0 radical (unpaired) electrons. The summed E-state index contributed by atoms with van der Waals surface area (Å²) in [4.78, 5) is 187. The van der Waals surface area contributed by atoms with E-state index < -0.39 is 192 Å². The standard InChI is InChI=1S/C82H109N15O20S/c1-9-42(3)69(78(107)92-54(23-16-17-28-83)75(104)95-70(43(4)10-2)79(108)94-58(32-47-38-89-53-22-15-14-21-48(47)53)77(106)93-57(44(5)98)31-45-19-12-11-13-20-45)96-76(105)56(25-26-64(85)99)91-74(103)55(24-18-29-88-82(86)87)90-73(102)52(84)40-118-63-37-65(100)97(80(63)109)30-27-66(101)117-71-50-36-60-59(115-41-116-60)35-49(50)67(68-51(71)39-114-81(68)110)46-33-61(111-6)72(113-8)62(34-46)112-7/h11-15,19-22,33-36,38,42-43,51-52,54-58,63,67-71,89H,9-10,16-18,23-32,37,39-41,83-84H2,1-8H3,(H2,85,99)(H,90,102)(H,91,103)(H,92,107)(H,93,106)(H,94,108)(H,95,104)(H,96,105)(H4,86,87,88)/t42?,43?,51-,52-,54-,55-,56-,57-,58-,63?,67+,68-,69-,70-,71-/m0/s1. The van der Waals surface area contributed by atoms with Crippen molar-refractivity contribution in [3.8, 4) is 28.7 Å². The Bertz CT molecular complexity index is 4470. The number of guanidine groups is 1. The molecular formula is C82H109N15O20S. The molecule has 4 aliphatic rings. The van der Waals surface area contributed by atoms with E-state index in [1.807, 2.05) is 61.5 Å². The lowest BCUT2D eigenvalue weighted by Gasteiger charge is -2.38. The number of ketones is 1. The zero-order chi connectivity index (χ0) is 85.6. The zero-order valence-electron chi connectivity index (χ0n) is 67.5. The highest BCUT2D eigenvalue weighted by atomic mass is 32.2. The molecule has 0 saturated carbocycles. The molecule has 18 N–H and O–H groups in total. The molecule has 4 aromatic carbocycles. The molecule has 1 aromatic heterocycles. The summed E-state index contributed by atoms with van der Waals surface area (Å²) in [6.07, 6.45) is 0.521. The molecule has 36 heteroatoms. The molecule has 2 saturated heterocycles. The molecule has 3 unspecified atom stereocenters. The van der Waals surface area contributed by atoms with Gasteiger partial charge in [0, 0.05) is 72.6 Å². The Morgan fingerprint density at radius 3 is 1.82 bits per heavy atom. The second-order valence-corrected chi connectivity index (χ2v) is 31.2. The van der Waals surface area contributed by atoms with Gasteiger partial charge in [-0.2, -0.15) is 0 Å². The van der Waals surface area contributed by atoms with Crippen LogP contribution in [0, 0.1) is 29.1 Å². The van der Waals surface area contributed by atoms with Gasteiger partial charge in [0.15, 0.2) is 34.7 Å². The first-order valence-electron chi connectivity index (χ1n) is 39.6. The number of aromatic nitrogens is 1. The Kier molecular flexibility index (Phi) is 32.6. The Morgan fingerprint density at radius 1 is 0.653 bits per heavy atom. The molecule has 118 heavy (non-hydrogen) atoms. The van der Waals surface area contributed by atoms with Gasteiger partial charge in [0.05, 0.1) is 57.6 Å². The van der Waals surface area contributed by atoms with Crippen LogP contribution in [0.25, 0.3) is 10.9 Å². The predicted octanol–water partition coefficient (Wildman–Crippen LogP) is 2.24. The van der Waals surface area contributed by atoms with Crippen molar-refractivity contribution in [1.82, 2.24) is 52.4 Å². The third-order valence-electron chi connectivity index (χ3n) is 21.9. The molecule has 35 nitrogen and oxygen atoms in total. The lowest BCUT2D eigenvalue weighted by molar-refractivity contribution is -0.155. The number of cyclic esters (lactones) is 1. The van der Waals surface area contributed by atoms with Gasteiger partial charge in [-0.05, 0) is 123 Å². The third kappa shape index (κ3) is 23.0. The summed E-state index contributed by atoms with van der Waals surface area (Å²) in [5.74, 6) is -12.0. The van der Waals surface area contributed by atoms with Gasteiger partial charge in [-0.25, -0.2) is 0 Å². The zero-order valence-corrected chi connectivity index (χ0v) is 68.3. The van der Waals surface area contributed by atoms with E-state index in [1.165, 1.54) is 28.3 Å². The van der Waals surface area contributed by atoms with E-state index in [-0.39, 0.29) is 83.0 Å². The van der Waals surface area contributed by atoms with E-state index in [0.29, 0.717) is 70.3 Å². The second-order valence-electron chi connectivity index (χ2n) is 30.0. The Labute approximate surface area is 687 Å². The van der Waals surface area contributed by atoms with Crippen LogP contribution in [0.15, 0.2) is 85.1 Å². The minimum Gasteiger partial charge on any atom is -0.493 e. The van der Waals surface area contributed by atoms with Crippen molar-refractivity contribution >= 4 is 105 Å². The van der Waals surface area contributed by atoms with Gasteiger partial charge in [-0.3, -0.25) is 72.6 Å². The molecule has 5 aromatic rings. The highest BCUT2D eigenvalue weighted by Crippen LogP contribution is 2.57. The lowest BCUT2D eigenvalue weighted by atomic mass is 9.66. The molecule has 4 heterocycles. The number of carbonyl (C=O) groups excluding carboxylic acids is 13. The van der Waals surface area contributed by atoms with E-state index in [4.69, 9.17) is 61.5 Å². The number of thioether (sulfide) groups is 1. The average molecular weight is 1660 g/mol. The molecule has 3 aliphatic heterocycles. The number of imide groups is 1. The number of benzene rings is 4. The van der Waals surface area contributed by atoms with Gasteiger partial charge in [0.1, 0.15) is 42.4 Å². The number of nitrogens with two attached hydrogens (primary N) is 4. The first-order valence-corrected chi connectivity index (χ1v) is 40.7. The summed E-state index contributed by atoms with van der Waals surface area (Å²) < 4.78 is 40.3. The van der Waals surface area contributed by atoms with Crippen LogP contribution in [0.4, 0.5) is 0 Å². The summed E-state index contributed by atoms with van der Waals surface area (Å²) in [5, 5.41) is 29.3. The Hall–Kier alpha value is -11.5. The monoisotopic (exact) mass is 1660 g/mol. The second kappa shape index (κ2) is 42.6. The number of nitrogens with one attached hydrogen (secondary N) is 10. The van der Waals surface area contributed by atoms with Crippen molar-refractivity contribution in [2.24, 2.45) is 46.6 Å². The molecule has 1 aliphatic carbocycles. The maximum Gasteiger partial charge on any atom is 0.310 e. The first-order chi connectivity index (χ1) is 56.5. The van der Waals surface area contributed by atoms with Crippen LogP contribution < -0.4 is 89.2 Å². The molecule has 638 valence electrons. The van der Waals surface area contributed by atoms with E-state index in [0.717, 1.165) is 33.1 Å². The Balaban J connectivity index is 0.840. The van der Waals surface area contributed by atoms with Gasteiger partial charge in [-0.15, -0.1) is 11.8 Å². The number of hydrogen-bond donors (Lipinski definition) is 14. The number of hydrogen-bond acceptors (Lipinski definition) is 24. The van der Waals surface area contributed by atoms with Crippen molar-refractivity contribution in [3.05, 3.63) is 113 Å².